The highest BCUT2D eigenvalue weighted by atomic mass is 32.2. The molecule has 1 fully saturated rings. The molecule has 4 nitrogen and oxygen atoms in total. The Kier molecular flexibility index (Phi) is 4.72. The largest absolute Gasteiger partial charge is 0.320 e. The molecule has 1 aromatic rings. The van der Waals surface area contributed by atoms with Gasteiger partial charge >= 0.3 is 0 Å². The number of hydrogen-bond acceptors (Lipinski definition) is 3. The van der Waals surface area contributed by atoms with E-state index in [4.69, 9.17) is 5.73 Å². The van der Waals surface area contributed by atoms with Crippen molar-refractivity contribution in [1.29, 1.82) is 0 Å². The van der Waals surface area contributed by atoms with Gasteiger partial charge in [0, 0.05) is 11.1 Å². The number of hydrogen-bond donors (Lipinski definition) is 2. The van der Waals surface area contributed by atoms with Crippen LogP contribution < -0.4 is 10.5 Å². The summed E-state index contributed by atoms with van der Waals surface area (Å²) in [4.78, 5) is 0.238. The van der Waals surface area contributed by atoms with Gasteiger partial charge in [-0.05, 0) is 44.4 Å². The monoisotopic (exact) mass is 306 g/mol. The smallest absolute Gasteiger partial charge is 0.242 e. The lowest BCUT2D eigenvalue weighted by Gasteiger charge is -2.25. The summed E-state index contributed by atoms with van der Waals surface area (Å²) in [6.07, 6.45) is 3.88. The van der Waals surface area contributed by atoms with Crippen LogP contribution in [0.1, 0.15) is 43.7 Å². The van der Waals surface area contributed by atoms with Crippen LogP contribution in [0.2, 0.25) is 0 Å². The average Bonchev–Trinajstić information content (AvgIpc) is 2.81. The summed E-state index contributed by atoms with van der Waals surface area (Å²) in [6, 6.07) is 5.20. The molecule has 1 aromatic carbocycles. The van der Waals surface area contributed by atoms with Crippen molar-refractivity contribution in [2.75, 3.05) is 6.54 Å². The van der Waals surface area contributed by atoms with Crippen molar-refractivity contribution in [2.24, 2.45) is 5.73 Å². The Hall–Kier alpha value is -1.35. The minimum atomic E-state index is -3.57. The third-order valence-corrected chi connectivity index (χ3v) is 5.53. The minimum absolute atomic E-state index is 0.207. The summed E-state index contributed by atoms with van der Waals surface area (Å²) < 4.78 is 28.2. The van der Waals surface area contributed by atoms with Gasteiger partial charge in [0.1, 0.15) is 0 Å². The van der Waals surface area contributed by atoms with E-state index in [-0.39, 0.29) is 17.0 Å². The Morgan fingerprint density at radius 3 is 2.62 bits per heavy atom. The molecule has 0 spiro atoms. The fourth-order valence-corrected chi connectivity index (χ4v) is 4.37. The molecular formula is C16H22N2O2S. The van der Waals surface area contributed by atoms with E-state index in [1.807, 2.05) is 13.8 Å². The molecule has 0 aromatic heterocycles. The van der Waals surface area contributed by atoms with E-state index in [0.717, 1.165) is 31.2 Å². The predicted octanol–water partition coefficient (Wildman–Crippen LogP) is 1.92. The van der Waals surface area contributed by atoms with Gasteiger partial charge in [-0.25, -0.2) is 13.1 Å². The van der Waals surface area contributed by atoms with Crippen LogP contribution in [-0.2, 0) is 10.0 Å². The SMILES string of the molecule is Cc1ccc(S(=O)(=O)NC2(C)CCCC2)c(C#CCN)c1. The van der Waals surface area contributed by atoms with E-state index in [9.17, 15) is 8.42 Å². The molecule has 1 aliphatic rings. The van der Waals surface area contributed by atoms with E-state index in [1.165, 1.54) is 0 Å². The molecule has 0 bridgehead atoms. The second kappa shape index (κ2) is 6.18. The standard InChI is InChI=1S/C16H22N2O2S/c1-13-7-8-15(14(12-13)6-5-11-17)21(19,20)18-16(2)9-3-4-10-16/h7-8,12,18H,3-4,9-11,17H2,1-2H3. The fourth-order valence-electron chi connectivity index (χ4n) is 2.76. The maximum absolute atomic E-state index is 12.7. The summed E-state index contributed by atoms with van der Waals surface area (Å²) in [5.41, 5.74) is 6.53. The molecule has 0 aliphatic heterocycles. The Labute approximate surface area is 127 Å². The third kappa shape index (κ3) is 3.85. The summed E-state index contributed by atoms with van der Waals surface area (Å²) in [6.45, 7) is 4.09. The lowest BCUT2D eigenvalue weighted by Crippen LogP contribution is -2.43. The van der Waals surface area contributed by atoms with Crippen LogP contribution in [0.4, 0.5) is 0 Å². The molecule has 0 radical (unpaired) electrons. The van der Waals surface area contributed by atoms with E-state index in [0.29, 0.717) is 5.56 Å². The van der Waals surface area contributed by atoms with Gasteiger partial charge in [-0.15, -0.1) is 0 Å². The Morgan fingerprint density at radius 1 is 1.33 bits per heavy atom. The zero-order valence-corrected chi connectivity index (χ0v) is 13.4. The van der Waals surface area contributed by atoms with Gasteiger partial charge in [-0.2, -0.15) is 0 Å². The molecule has 21 heavy (non-hydrogen) atoms. The summed E-state index contributed by atoms with van der Waals surface area (Å²) >= 11 is 0. The molecule has 0 saturated heterocycles. The van der Waals surface area contributed by atoms with Gasteiger partial charge in [-0.1, -0.05) is 30.7 Å². The van der Waals surface area contributed by atoms with Crippen molar-refractivity contribution in [3.8, 4) is 11.8 Å². The summed E-state index contributed by atoms with van der Waals surface area (Å²) in [5, 5.41) is 0. The lowest BCUT2D eigenvalue weighted by molar-refractivity contribution is 0.427. The maximum atomic E-state index is 12.7. The molecule has 3 N–H and O–H groups in total. The van der Waals surface area contributed by atoms with Crippen molar-refractivity contribution in [1.82, 2.24) is 4.72 Å². The van der Waals surface area contributed by atoms with E-state index in [2.05, 4.69) is 16.6 Å². The number of nitrogens with two attached hydrogens (primary N) is 1. The average molecular weight is 306 g/mol. The van der Waals surface area contributed by atoms with E-state index in [1.54, 1.807) is 18.2 Å². The van der Waals surface area contributed by atoms with Crippen molar-refractivity contribution < 1.29 is 8.42 Å². The second-order valence-electron chi connectivity index (χ2n) is 5.88. The number of benzene rings is 1. The maximum Gasteiger partial charge on any atom is 0.242 e. The van der Waals surface area contributed by atoms with Crippen LogP contribution in [0.15, 0.2) is 23.1 Å². The van der Waals surface area contributed by atoms with E-state index < -0.39 is 10.0 Å². The van der Waals surface area contributed by atoms with Crippen molar-refractivity contribution in [2.45, 2.75) is 50.0 Å². The van der Waals surface area contributed by atoms with Gasteiger partial charge < -0.3 is 5.73 Å². The van der Waals surface area contributed by atoms with Crippen LogP contribution in [0.5, 0.6) is 0 Å². The molecule has 0 atom stereocenters. The first kappa shape index (κ1) is 16.0. The lowest BCUT2D eigenvalue weighted by atomic mass is 10.0. The molecule has 0 unspecified atom stereocenters. The number of aryl methyl sites for hydroxylation is 1. The topological polar surface area (TPSA) is 72.2 Å². The fraction of sp³-hybridized carbons (Fsp3) is 0.500. The predicted molar refractivity (Wildman–Crippen MR) is 84.3 cm³/mol. The molecule has 1 saturated carbocycles. The first-order valence-electron chi connectivity index (χ1n) is 7.20. The van der Waals surface area contributed by atoms with Gasteiger partial charge in [0.25, 0.3) is 0 Å². The molecule has 1 aliphatic carbocycles. The van der Waals surface area contributed by atoms with Gasteiger partial charge in [0.15, 0.2) is 0 Å². The zero-order valence-electron chi connectivity index (χ0n) is 12.6. The van der Waals surface area contributed by atoms with Crippen LogP contribution in [-0.4, -0.2) is 20.5 Å². The highest BCUT2D eigenvalue weighted by Crippen LogP contribution is 2.31. The zero-order chi connectivity index (χ0) is 15.5. The third-order valence-electron chi connectivity index (χ3n) is 3.84. The first-order chi connectivity index (χ1) is 9.86. The molecule has 0 heterocycles. The molecule has 5 heteroatoms. The van der Waals surface area contributed by atoms with Gasteiger partial charge in [0.05, 0.1) is 11.4 Å². The Morgan fingerprint density at radius 2 is 2.00 bits per heavy atom. The highest BCUT2D eigenvalue weighted by Gasteiger charge is 2.34. The molecular weight excluding hydrogens is 284 g/mol. The second-order valence-corrected chi connectivity index (χ2v) is 7.53. The number of rotatable bonds is 3. The molecule has 114 valence electrons. The minimum Gasteiger partial charge on any atom is -0.320 e. The quantitative estimate of drug-likeness (QED) is 0.838. The van der Waals surface area contributed by atoms with Gasteiger partial charge in [-0.3, -0.25) is 0 Å². The van der Waals surface area contributed by atoms with Crippen molar-refractivity contribution in [3.63, 3.8) is 0 Å². The highest BCUT2D eigenvalue weighted by molar-refractivity contribution is 7.89. The van der Waals surface area contributed by atoms with Gasteiger partial charge in [0.2, 0.25) is 10.0 Å². The summed E-state index contributed by atoms with van der Waals surface area (Å²) in [7, 11) is -3.57. The first-order valence-corrected chi connectivity index (χ1v) is 8.68. The molecule has 0 amide bonds. The number of nitrogens with one attached hydrogen (secondary N) is 1. The Bertz CT molecular complexity index is 678. The van der Waals surface area contributed by atoms with E-state index >= 15 is 0 Å². The Balaban J connectivity index is 2.39. The summed E-state index contributed by atoms with van der Waals surface area (Å²) in [5.74, 6) is 5.60. The van der Waals surface area contributed by atoms with Crippen LogP contribution >= 0.6 is 0 Å². The normalized spacial score (nSPS) is 17.3. The van der Waals surface area contributed by atoms with Crippen LogP contribution in [0, 0.1) is 18.8 Å². The van der Waals surface area contributed by atoms with Crippen molar-refractivity contribution >= 4 is 10.0 Å². The van der Waals surface area contributed by atoms with Crippen LogP contribution in [0.3, 0.4) is 0 Å². The molecule has 2 rings (SSSR count). The van der Waals surface area contributed by atoms with Crippen molar-refractivity contribution in [3.05, 3.63) is 29.3 Å². The number of sulfonamides is 1. The van der Waals surface area contributed by atoms with Crippen LogP contribution in [0.25, 0.3) is 0 Å².